The molecule has 0 spiro atoms. The molecule has 1 N–H and O–H groups in total. The highest BCUT2D eigenvalue weighted by molar-refractivity contribution is 5.95. The van der Waals surface area contributed by atoms with E-state index in [2.05, 4.69) is 60.1 Å². The van der Waals surface area contributed by atoms with Crippen LogP contribution in [-0.2, 0) is 13.0 Å². The number of aromatic nitrogens is 2. The fourth-order valence-corrected chi connectivity index (χ4v) is 4.39. The molecule has 5 heteroatoms. The molecule has 0 aliphatic heterocycles. The van der Waals surface area contributed by atoms with E-state index in [9.17, 15) is 4.79 Å². The van der Waals surface area contributed by atoms with E-state index in [1.54, 1.807) is 0 Å². The molecule has 0 bridgehead atoms. The summed E-state index contributed by atoms with van der Waals surface area (Å²) in [5.74, 6) is 2.05. The molecule has 0 atom stereocenters. The number of amides is 1. The largest absolute Gasteiger partial charge is 0.491 e. The summed E-state index contributed by atoms with van der Waals surface area (Å²) in [7, 11) is 0. The van der Waals surface area contributed by atoms with Gasteiger partial charge in [0.1, 0.15) is 18.2 Å². The number of carbonyl (C=O) groups excluding carboxylic acids is 1. The van der Waals surface area contributed by atoms with Crippen LogP contribution in [0.25, 0.3) is 11.0 Å². The number of rotatable bonds is 11. The topological polar surface area (TPSA) is 56.1 Å². The van der Waals surface area contributed by atoms with E-state index in [-0.39, 0.29) is 5.91 Å². The molecule has 1 heterocycles. The average Bonchev–Trinajstić information content (AvgIpc) is 3.21. The molecule has 182 valence electrons. The summed E-state index contributed by atoms with van der Waals surface area (Å²) >= 11 is 0. The highest BCUT2D eigenvalue weighted by Crippen LogP contribution is 2.21. The van der Waals surface area contributed by atoms with Crippen molar-refractivity contribution in [3.63, 3.8) is 0 Å². The Labute approximate surface area is 208 Å². The average molecular weight is 470 g/mol. The Kier molecular flexibility index (Phi) is 8.19. The van der Waals surface area contributed by atoms with Gasteiger partial charge in [0.2, 0.25) is 0 Å². The first-order valence-electron chi connectivity index (χ1n) is 12.5. The van der Waals surface area contributed by atoms with E-state index in [4.69, 9.17) is 9.72 Å². The minimum Gasteiger partial charge on any atom is -0.491 e. The smallest absolute Gasteiger partial charge is 0.251 e. The molecule has 0 radical (unpaired) electrons. The Hall–Kier alpha value is -3.60. The number of benzene rings is 3. The summed E-state index contributed by atoms with van der Waals surface area (Å²) in [4.78, 5) is 17.3. The van der Waals surface area contributed by atoms with E-state index in [1.165, 1.54) is 5.56 Å². The molecule has 0 aliphatic rings. The van der Waals surface area contributed by atoms with Crippen LogP contribution in [0.15, 0.2) is 66.7 Å². The fourth-order valence-electron chi connectivity index (χ4n) is 4.39. The van der Waals surface area contributed by atoms with Crippen LogP contribution in [0.5, 0.6) is 5.75 Å². The number of imidazole rings is 1. The number of hydrogen-bond acceptors (Lipinski definition) is 3. The van der Waals surface area contributed by atoms with E-state index in [0.29, 0.717) is 13.2 Å². The van der Waals surface area contributed by atoms with Crippen LogP contribution in [0.1, 0.15) is 52.1 Å². The minimum atomic E-state index is 0.00809. The third kappa shape index (κ3) is 6.30. The molecule has 0 unspecified atom stereocenters. The minimum absolute atomic E-state index is 0.00809. The summed E-state index contributed by atoms with van der Waals surface area (Å²) in [5, 5.41) is 3.05. The molecule has 1 aromatic heterocycles. The van der Waals surface area contributed by atoms with E-state index in [1.807, 2.05) is 37.3 Å². The Morgan fingerprint density at radius 3 is 2.57 bits per heavy atom. The lowest BCUT2D eigenvalue weighted by Gasteiger charge is -2.13. The molecule has 0 saturated carbocycles. The van der Waals surface area contributed by atoms with Crippen molar-refractivity contribution in [2.45, 2.75) is 53.0 Å². The van der Waals surface area contributed by atoms with E-state index < -0.39 is 0 Å². The maximum atomic E-state index is 12.4. The van der Waals surface area contributed by atoms with Crippen molar-refractivity contribution >= 4 is 16.9 Å². The van der Waals surface area contributed by atoms with Crippen molar-refractivity contribution in [1.82, 2.24) is 14.9 Å². The highest BCUT2D eigenvalue weighted by atomic mass is 16.5. The lowest BCUT2D eigenvalue weighted by molar-refractivity contribution is 0.0952. The molecular weight excluding hydrogens is 434 g/mol. The molecule has 3 aromatic carbocycles. The molecule has 4 rings (SSSR count). The third-order valence-electron chi connectivity index (χ3n) is 6.40. The van der Waals surface area contributed by atoms with Crippen molar-refractivity contribution in [1.29, 1.82) is 0 Å². The van der Waals surface area contributed by atoms with Crippen molar-refractivity contribution in [2.75, 3.05) is 13.2 Å². The van der Waals surface area contributed by atoms with Gasteiger partial charge in [0.25, 0.3) is 5.91 Å². The monoisotopic (exact) mass is 469 g/mol. The maximum absolute atomic E-state index is 12.4. The van der Waals surface area contributed by atoms with Gasteiger partial charge in [0.15, 0.2) is 0 Å². The second-order valence-corrected chi connectivity index (χ2v) is 9.17. The lowest BCUT2D eigenvalue weighted by Crippen LogP contribution is -2.25. The Balaban J connectivity index is 1.29. The van der Waals surface area contributed by atoms with Gasteiger partial charge in [0, 0.05) is 18.5 Å². The number of para-hydroxylation sites is 2. The highest BCUT2D eigenvalue weighted by Gasteiger charge is 2.11. The van der Waals surface area contributed by atoms with Gasteiger partial charge in [-0.3, -0.25) is 4.79 Å². The molecule has 0 saturated heterocycles. The molecule has 0 fully saturated rings. The van der Waals surface area contributed by atoms with Crippen LogP contribution in [-0.4, -0.2) is 28.6 Å². The fraction of sp³-hybridized carbons (Fsp3) is 0.333. The van der Waals surface area contributed by atoms with Gasteiger partial charge in [-0.1, -0.05) is 48.9 Å². The van der Waals surface area contributed by atoms with Crippen LogP contribution in [0, 0.1) is 20.8 Å². The zero-order valence-electron chi connectivity index (χ0n) is 21.0. The lowest BCUT2D eigenvalue weighted by atomic mass is 10.1. The van der Waals surface area contributed by atoms with Crippen LogP contribution in [0.3, 0.4) is 0 Å². The molecular formula is C30H35N3O2. The summed E-state index contributed by atoms with van der Waals surface area (Å²) in [5.41, 5.74) is 6.29. The van der Waals surface area contributed by atoms with Gasteiger partial charge in [-0.25, -0.2) is 4.98 Å². The van der Waals surface area contributed by atoms with Crippen LogP contribution >= 0.6 is 0 Å². The first-order valence-corrected chi connectivity index (χ1v) is 12.5. The number of ether oxygens (including phenoxy) is 1. The van der Waals surface area contributed by atoms with E-state index >= 15 is 0 Å². The number of aryl methyl sites for hydroxylation is 4. The SMILES string of the molecule is Cc1ccc(C)c(OCCn2c(CCCCCNC(=O)c3ccccc3C)nc3ccccc32)c1. The zero-order chi connectivity index (χ0) is 24.6. The first-order chi connectivity index (χ1) is 17.0. The molecule has 4 aromatic rings. The van der Waals surface area contributed by atoms with Crippen molar-refractivity contribution in [3.8, 4) is 5.75 Å². The second-order valence-electron chi connectivity index (χ2n) is 9.17. The van der Waals surface area contributed by atoms with Crippen LogP contribution in [0.2, 0.25) is 0 Å². The molecule has 5 nitrogen and oxygen atoms in total. The quantitative estimate of drug-likeness (QED) is 0.267. The van der Waals surface area contributed by atoms with Gasteiger partial charge >= 0.3 is 0 Å². The number of nitrogens with zero attached hydrogens (tertiary/aromatic N) is 2. The Bertz CT molecular complexity index is 1290. The summed E-state index contributed by atoms with van der Waals surface area (Å²) in [6.45, 7) is 8.18. The first kappa shape index (κ1) is 24.5. The standard InChI is InChI=1S/C30H35N3O2/c1-22-16-17-24(3)28(21-22)35-20-19-33-27-14-9-8-13-26(27)32-29(33)15-5-4-10-18-31-30(34)25-12-7-6-11-23(25)2/h6-9,11-14,16-17,21H,4-5,10,15,18-20H2,1-3H3,(H,31,34). The molecule has 0 aliphatic carbocycles. The Morgan fingerprint density at radius 1 is 0.914 bits per heavy atom. The number of hydrogen-bond donors (Lipinski definition) is 1. The summed E-state index contributed by atoms with van der Waals surface area (Å²) in [6.07, 6.45) is 3.93. The Morgan fingerprint density at radius 2 is 1.71 bits per heavy atom. The van der Waals surface area contributed by atoms with Gasteiger partial charge < -0.3 is 14.6 Å². The van der Waals surface area contributed by atoms with Gasteiger partial charge in [-0.15, -0.1) is 0 Å². The van der Waals surface area contributed by atoms with Crippen molar-refractivity contribution in [2.24, 2.45) is 0 Å². The second kappa shape index (κ2) is 11.7. The number of nitrogens with one attached hydrogen (secondary N) is 1. The molecule has 1 amide bonds. The zero-order valence-corrected chi connectivity index (χ0v) is 21.0. The van der Waals surface area contributed by atoms with Crippen molar-refractivity contribution in [3.05, 3.63) is 94.8 Å². The number of unbranched alkanes of at least 4 members (excludes halogenated alkanes) is 2. The summed E-state index contributed by atoms with van der Waals surface area (Å²) < 4.78 is 8.42. The van der Waals surface area contributed by atoms with Gasteiger partial charge in [-0.2, -0.15) is 0 Å². The van der Waals surface area contributed by atoms with Gasteiger partial charge in [0.05, 0.1) is 17.6 Å². The number of carbonyl (C=O) groups is 1. The van der Waals surface area contributed by atoms with E-state index in [0.717, 1.165) is 71.5 Å². The van der Waals surface area contributed by atoms with Crippen molar-refractivity contribution < 1.29 is 9.53 Å². The van der Waals surface area contributed by atoms with Crippen LogP contribution < -0.4 is 10.1 Å². The summed E-state index contributed by atoms with van der Waals surface area (Å²) in [6, 6.07) is 22.3. The van der Waals surface area contributed by atoms with Crippen LogP contribution in [0.4, 0.5) is 0 Å². The molecule has 35 heavy (non-hydrogen) atoms. The maximum Gasteiger partial charge on any atom is 0.251 e. The normalized spacial score (nSPS) is 11.1. The third-order valence-corrected chi connectivity index (χ3v) is 6.40. The predicted octanol–water partition coefficient (Wildman–Crippen LogP) is 6.18. The van der Waals surface area contributed by atoms with Gasteiger partial charge in [-0.05, 0) is 74.6 Å². The predicted molar refractivity (Wildman–Crippen MR) is 142 cm³/mol. The number of fused-ring (bicyclic) bond motifs is 1.